The maximum absolute atomic E-state index is 5.69. The zero-order valence-electron chi connectivity index (χ0n) is 7.88. The molecule has 0 atom stereocenters. The molecule has 4 nitrogen and oxygen atoms in total. The summed E-state index contributed by atoms with van der Waals surface area (Å²) in [6.07, 6.45) is 4.09. The van der Waals surface area contributed by atoms with Gasteiger partial charge < -0.3 is 11.1 Å². The Hall–Kier alpha value is -0.870. The second kappa shape index (κ2) is 3.47. The molecule has 0 unspecified atom stereocenters. The van der Waals surface area contributed by atoms with Crippen molar-refractivity contribution in [1.29, 1.82) is 0 Å². The van der Waals surface area contributed by atoms with E-state index in [1.807, 2.05) is 13.1 Å². The van der Waals surface area contributed by atoms with Gasteiger partial charge in [0.05, 0.1) is 6.20 Å². The number of rotatable bonds is 3. The Bertz CT molecular complexity index is 275. The number of nitrogens with zero attached hydrogens (tertiary/aromatic N) is 1. The summed E-state index contributed by atoms with van der Waals surface area (Å²) in [6.45, 7) is 2.94. The van der Waals surface area contributed by atoms with E-state index in [2.05, 4.69) is 15.5 Å². The van der Waals surface area contributed by atoms with Crippen LogP contribution in [-0.4, -0.2) is 22.3 Å². The first-order chi connectivity index (χ1) is 6.25. The van der Waals surface area contributed by atoms with E-state index < -0.39 is 0 Å². The Morgan fingerprint density at radius 3 is 3.00 bits per heavy atom. The lowest BCUT2D eigenvalue weighted by molar-refractivity contribution is 0.290. The van der Waals surface area contributed by atoms with E-state index in [1.54, 1.807) is 0 Å². The van der Waals surface area contributed by atoms with Gasteiger partial charge in [-0.05, 0) is 19.8 Å². The van der Waals surface area contributed by atoms with Crippen LogP contribution in [-0.2, 0) is 6.54 Å². The van der Waals surface area contributed by atoms with E-state index in [9.17, 15) is 0 Å². The molecule has 0 aromatic carbocycles. The van der Waals surface area contributed by atoms with Gasteiger partial charge in [0.1, 0.15) is 0 Å². The van der Waals surface area contributed by atoms with Gasteiger partial charge >= 0.3 is 0 Å². The number of aromatic amines is 1. The van der Waals surface area contributed by atoms with Crippen LogP contribution in [0.5, 0.6) is 0 Å². The summed E-state index contributed by atoms with van der Waals surface area (Å²) >= 11 is 0. The molecule has 0 radical (unpaired) electrons. The zero-order chi connectivity index (χ0) is 9.26. The van der Waals surface area contributed by atoms with Gasteiger partial charge in [0.25, 0.3) is 0 Å². The standard InChI is InChI=1S/C9H16N4/c1-6-7(5-12-13-6)4-11-9-2-8(10)3-9/h5,8-9,11H,2-4,10H2,1H3,(H,12,13). The molecule has 1 aromatic heterocycles. The lowest BCUT2D eigenvalue weighted by Gasteiger charge is -2.33. The third-order valence-electron chi connectivity index (χ3n) is 2.69. The normalized spacial score (nSPS) is 27.2. The molecule has 13 heavy (non-hydrogen) atoms. The van der Waals surface area contributed by atoms with E-state index in [-0.39, 0.29) is 0 Å². The first-order valence-electron chi connectivity index (χ1n) is 4.73. The summed E-state index contributed by atoms with van der Waals surface area (Å²) in [5.41, 5.74) is 8.09. The summed E-state index contributed by atoms with van der Waals surface area (Å²) in [5.74, 6) is 0. The summed E-state index contributed by atoms with van der Waals surface area (Å²) in [4.78, 5) is 0. The molecule has 1 saturated carbocycles. The first-order valence-corrected chi connectivity index (χ1v) is 4.73. The van der Waals surface area contributed by atoms with E-state index in [1.165, 1.54) is 5.56 Å². The molecule has 4 N–H and O–H groups in total. The van der Waals surface area contributed by atoms with Crippen LogP contribution in [0.15, 0.2) is 6.20 Å². The smallest absolute Gasteiger partial charge is 0.0535 e. The second-order valence-corrected chi connectivity index (χ2v) is 3.83. The van der Waals surface area contributed by atoms with Crippen molar-refractivity contribution in [3.8, 4) is 0 Å². The Labute approximate surface area is 77.9 Å². The molecule has 1 aromatic rings. The number of hydrogen-bond donors (Lipinski definition) is 3. The number of H-pyrrole nitrogens is 1. The van der Waals surface area contributed by atoms with Crippen molar-refractivity contribution in [2.24, 2.45) is 5.73 Å². The maximum atomic E-state index is 5.69. The monoisotopic (exact) mass is 180 g/mol. The quantitative estimate of drug-likeness (QED) is 0.626. The minimum Gasteiger partial charge on any atom is -0.328 e. The third-order valence-corrected chi connectivity index (χ3v) is 2.69. The van der Waals surface area contributed by atoms with Crippen molar-refractivity contribution in [3.63, 3.8) is 0 Å². The molecule has 2 rings (SSSR count). The number of aromatic nitrogens is 2. The molecule has 1 aliphatic rings. The Morgan fingerprint density at radius 1 is 1.69 bits per heavy atom. The van der Waals surface area contributed by atoms with E-state index in [0.29, 0.717) is 12.1 Å². The van der Waals surface area contributed by atoms with Crippen molar-refractivity contribution < 1.29 is 0 Å². The van der Waals surface area contributed by atoms with Gasteiger partial charge in [-0.15, -0.1) is 0 Å². The van der Waals surface area contributed by atoms with E-state index >= 15 is 0 Å². The number of nitrogens with two attached hydrogens (primary N) is 1. The molecule has 0 bridgehead atoms. The highest BCUT2D eigenvalue weighted by Crippen LogP contribution is 2.17. The molecule has 0 spiro atoms. The number of aryl methyl sites for hydroxylation is 1. The van der Waals surface area contributed by atoms with Gasteiger partial charge in [-0.25, -0.2) is 0 Å². The minimum atomic E-state index is 0.419. The first kappa shape index (κ1) is 8.72. The molecule has 72 valence electrons. The number of hydrogen-bond acceptors (Lipinski definition) is 3. The van der Waals surface area contributed by atoms with Crippen LogP contribution in [0.4, 0.5) is 0 Å². The Morgan fingerprint density at radius 2 is 2.46 bits per heavy atom. The largest absolute Gasteiger partial charge is 0.328 e. The predicted molar refractivity (Wildman–Crippen MR) is 51.2 cm³/mol. The molecule has 0 aliphatic heterocycles. The van der Waals surface area contributed by atoms with Crippen LogP contribution in [0.2, 0.25) is 0 Å². The highest BCUT2D eigenvalue weighted by atomic mass is 15.1. The topological polar surface area (TPSA) is 66.7 Å². The van der Waals surface area contributed by atoms with Gasteiger partial charge in [-0.2, -0.15) is 5.10 Å². The maximum Gasteiger partial charge on any atom is 0.0535 e. The van der Waals surface area contributed by atoms with Gasteiger partial charge in [-0.1, -0.05) is 0 Å². The van der Waals surface area contributed by atoms with Gasteiger partial charge in [0.15, 0.2) is 0 Å². The van der Waals surface area contributed by atoms with Crippen LogP contribution in [0, 0.1) is 6.92 Å². The molecule has 0 amide bonds. The van der Waals surface area contributed by atoms with Gasteiger partial charge in [0.2, 0.25) is 0 Å². The fourth-order valence-corrected chi connectivity index (χ4v) is 1.64. The fourth-order valence-electron chi connectivity index (χ4n) is 1.64. The number of nitrogens with one attached hydrogen (secondary N) is 2. The predicted octanol–water partition coefficient (Wildman–Crippen LogP) is 0.297. The van der Waals surface area contributed by atoms with Crippen LogP contribution in [0.1, 0.15) is 24.1 Å². The summed E-state index contributed by atoms with van der Waals surface area (Å²) in [7, 11) is 0. The average Bonchev–Trinajstić information content (AvgIpc) is 2.43. The Kier molecular flexibility index (Phi) is 2.33. The van der Waals surface area contributed by atoms with Crippen molar-refractivity contribution >= 4 is 0 Å². The van der Waals surface area contributed by atoms with Gasteiger partial charge in [-0.3, -0.25) is 5.10 Å². The lowest BCUT2D eigenvalue weighted by atomic mass is 9.87. The molecule has 1 heterocycles. The van der Waals surface area contributed by atoms with Gasteiger partial charge in [0, 0.05) is 29.9 Å². The fraction of sp³-hybridized carbons (Fsp3) is 0.667. The van der Waals surface area contributed by atoms with Crippen molar-refractivity contribution in [2.75, 3.05) is 0 Å². The molecular weight excluding hydrogens is 164 g/mol. The highest BCUT2D eigenvalue weighted by molar-refractivity contribution is 5.14. The molecule has 0 saturated heterocycles. The highest BCUT2D eigenvalue weighted by Gasteiger charge is 2.25. The average molecular weight is 180 g/mol. The van der Waals surface area contributed by atoms with Crippen molar-refractivity contribution in [3.05, 3.63) is 17.5 Å². The SMILES string of the molecule is Cc1[nH]ncc1CNC1CC(N)C1. The molecule has 1 fully saturated rings. The minimum absolute atomic E-state index is 0.419. The van der Waals surface area contributed by atoms with Crippen LogP contribution < -0.4 is 11.1 Å². The summed E-state index contributed by atoms with van der Waals surface area (Å²) < 4.78 is 0. The van der Waals surface area contributed by atoms with E-state index in [4.69, 9.17) is 5.73 Å². The molecule has 1 aliphatic carbocycles. The van der Waals surface area contributed by atoms with Crippen molar-refractivity contribution in [1.82, 2.24) is 15.5 Å². The second-order valence-electron chi connectivity index (χ2n) is 3.83. The van der Waals surface area contributed by atoms with Crippen molar-refractivity contribution in [2.45, 2.75) is 38.4 Å². The molecule has 4 heteroatoms. The zero-order valence-corrected chi connectivity index (χ0v) is 7.88. The van der Waals surface area contributed by atoms with E-state index in [0.717, 1.165) is 25.1 Å². The third kappa shape index (κ3) is 1.89. The Balaban J connectivity index is 1.77. The lowest BCUT2D eigenvalue weighted by Crippen LogP contribution is -2.48. The summed E-state index contributed by atoms with van der Waals surface area (Å²) in [5, 5.41) is 10.3. The van der Waals surface area contributed by atoms with Crippen LogP contribution >= 0.6 is 0 Å². The van der Waals surface area contributed by atoms with Crippen LogP contribution in [0.3, 0.4) is 0 Å². The van der Waals surface area contributed by atoms with Crippen LogP contribution in [0.25, 0.3) is 0 Å². The summed E-state index contributed by atoms with van der Waals surface area (Å²) in [6, 6.07) is 1.03. The molecular formula is C9H16N4.